The summed E-state index contributed by atoms with van der Waals surface area (Å²) < 4.78 is 129. The van der Waals surface area contributed by atoms with Crippen LogP contribution in [0.3, 0.4) is 0 Å². The molecule has 0 fully saturated rings. The van der Waals surface area contributed by atoms with E-state index < -0.39 is 58.1 Å². The molecule has 0 aromatic carbocycles. The second-order valence-corrected chi connectivity index (χ2v) is 10.1. The van der Waals surface area contributed by atoms with Crippen molar-refractivity contribution in [2.24, 2.45) is 0 Å². The van der Waals surface area contributed by atoms with Crippen LogP contribution in [0.4, 0.5) is 0 Å². The van der Waals surface area contributed by atoms with E-state index in [4.69, 9.17) is 64.1 Å². The third kappa shape index (κ3) is 6720. The van der Waals surface area contributed by atoms with E-state index in [0.717, 1.165) is 0 Å². The molecule has 0 aromatic rings. The zero-order valence-corrected chi connectivity index (χ0v) is 16.1. The molecule has 0 aromatic heterocycles. The Morgan fingerprint density at radius 3 is 0.500 bits per heavy atom. The molecular formula is H7As4O16-5. The van der Waals surface area contributed by atoms with Crippen molar-refractivity contribution in [1.29, 1.82) is 0 Å². The van der Waals surface area contributed by atoms with Gasteiger partial charge >= 0.3 is 122 Å². The van der Waals surface area contributed by atoms with Crippen LogP contribution >= 0.6 is 0 Å². The number of hydrogen-bond acceptors (Lipinski definition) is 9. The van der Waals surface area contributed by atoms with Crippen LogP contribution < -0.4 is 20.5 Å². The molecule has 128 valence electrons. The van der Waals surface area contributed by atoms with Gasteiger partial charge in [0.15, 0.2) is 0 Å². The van der Waals surface area contributed by atoms with E-state index in [1.54, 1.807) is 0 Å². The maximum absolute atomic E-state index is 8.94. The number of rotatable bonds is 0. The van der Waals surface area contributed by atoms with Crippen molar-refractivity contribution >= 4 is 58.1 Å². The summed E-state index contributed by atoms with van der Waals surface area (Å²) in [5.74, 6) is 0. The van der Waals surface area contributed by atoms with Crippen LogP contribution in [-0.2, 0) is 15.0 Å². The van der Waals surface area contributed by atoms with Crippen molar-refractivity contribution in [2.75, 3.05) is 0 Å². The summed E-state index contributed by atoms with van der Waals surface area (Å²) in [6.07, 6.45) is 0. The summed E-state index contributed by atoms with van der Waals surface area (Å²) in [6.45, 7) is 0. The van der Waals surface area contributed by atoms with Crippen molar-refractivity contribution in [2.45, 2.75) is 0 Å². The molecule has 0 aliphatic heterocycles. The Balaban J connectivity index is -0.0000000853. The van der Waals surface area contributed by atoms with Crippen LogP contribution in [0.5, 0.6) is 0 Å². The predicted molar refractivity (Wildman–Crippen MR) is 41.3 cm³/mol. The van der Waals surface area contributed by atoms with Gasteiger partial charge in [0.25, 0.3) is 0 Å². The fraction of sp³-hybridized carbons (Fsp3) is 0. The van der Waals surface area contributed by atoms with Gasteiger partial charge in [0.2, 0.25) is 0 Å². The van der Waals surface area contributed by atoms with Gasteiger partial charge in [-0.25, -0.2) is 0 Å². The fourth-order valence-corrected chi connectivity index (χ4v) is 0. The van der Waals surface area contributed by atoms with Gasteiger partial charge in [-0.05, 0) is 0 Å². The van der Waals surface area contributed by atoms with Gasteiger partial charge in [0.1, 0.15) is 0 Å². The van der Waals surface area contributed by atoms with Crippen LogP contribution in [0, 0.1) is 0 Å². The summed E-state index contributed by atoms with van der Waals surface area (Å²) in [4.78, 5) is 0. The van der Waals surface area contributed by atoms with E-state index in [0.29, 0.717) is 0 Å². The first-order valence-electron chi connectivity index (χ1n) is 3.04. The van der Waals surface area contributed by atoms with E-state index in [2.05, 4.69) is 0 Å². The van der Waals surface area contributed by atoms with E-state index >= 15 is 0 Å². The summed E-state index contributed by atoms with van der Waals surface area (Å²) in [7, 11) is 0. The summed E-state index contributed by atoms with van der Waals surface area (Å²) in [5, 5.41) is 0. The molecule has 20 heavy (non-hydrogen) atoms. The predicted octanol–water partition coefficient (Wildman–Crippen LogP) is -11.8. The van der Waals surface area contributed by atoms with Crippen LogP contribution in [-0.4, -0.2) is 86.7 Å². The Kier molecular flexibility index (Phi) is 16.7. The molecule has 0 unspecified atom stereocenters. The van der Waals surface area contributed by atoms with E-state index in [-0.39, 0.29) is 0 Å². The van der Waals surface area contributed by atoms with Crippen LogP contribution in [0.1, 0.15) is 0 Å². The van der Waals surface area contributed by atoms with E-state index in [1.807, 2.05) is 0 Å². The van der Waals surface area contributed by atoms with Crippen LogP contribution in [0.15, 0.2) is 0 Å². The molecule has 0 saturated heterocycles. The second-order valence-electron chi connectivity index (χ2n) is 1.94. The zero-order valence-electron chi connectivity index (χ0n) is 8.59. The Labute approximate surface area is 122 Å². The van der Waals surface area contributed by atoms with Gasteiger partial charge in [-0.2, -0.15) is 0 Å². The molecule has 0 spiro atoms. The van der Waals surface area contributed by atoms with Gasteiger partial charge in [-0.1, -0.05) is 0 Å². The molecule has 0 bridgehead atoms. The van der Waals surface area contributed by atoms with E-state index in [9.17, 15) is 0 Å². The van der Waals surface area contributed by atoms with Crippen molar-refractivity contribution in [3.8, 4) is 0 Å². The van der Waals surface area contributed by atoms with Crippen LogP contribution in [0.25, 0.3) is 0 Å². The van der Waals surface area contributed by atoms with Crippen LogP contribution in [0.2, 0.25) is 0 Å². The monoisotopic (exact) mass is 563 g/mol. The van der Waals surface area contributed by atoms with Crippen molar-refractivity contribution in [1.82, 2.24) is 0 Å². The topological polar surface area (TPSA) is 325 Å². The summed E-state index contributed by atoms with van der Waals surface area (Å²) in [6, 6.07) is 0. The normalized spacial score (nSPS) is 11.8. The quantitative estimate of drug-likeness (QED) is 0.135. The van der Waals surface area contributed by atoms with Gasteiger partial charge in [-0.15, -0.1) is 0 Å². The molecule has 0 saturated carbocycles. The minimum atomic E-state index is -5.62. The van der Waals surface area contributed by atoms with Gasteiger partial charge < -0.3 is 0 Å². The number of hydrogen-bond donors (Lipinski definition) is 7. The molecule has 7 N–H and O–H groups in total. The second kappa shape index (κ2) is 11.5. The third-order valence-electron chi connectivity index (χ3n) is 0. The molecular weight excluding hydrogens is 556 g/mol. The van der Waals surface area contributed by atoms with Crippen molar-refractivity contribution in [3.05, 3.63) is 0 Å². The first-order valence-corrected chi connectivity index (χ1v) is 15.8. The fourth-order valence-electron chi connectivity index (χ4n) is 0. The molecule has 0 heterocycles. The van der Waals surface area contributed by atoms with Crippen molar-refractivity contribution < 1.29 is 64.1 Å². The zero-order chi connectivity index (χ0) is 18.0. The Bertz CT molecular complexity index is 279. The molecule has 0 aliphatic carbocycles. The molecule has 0 atom stereocenters. The molecule has 0 amide bonds. The first-order chi connectivity index (χ1) is 8.00. The third-order valence-corrected chi connectivity index (χ3v) is 0. The SMILES string of the molecule is O=[As](O)(O)O.O=[As]([O-])(O)O.O=[As]([O-])([O-])O.O=[As]([O-])([O-])O. The average Bonchev–Trinajstić information content (AvgIpc) is 1.62. The van der Waals surface area contributed by atoms with E-state index in [1.165, 1.54) is 0 Å². The summed E-state index contributed by atoms with van der Waals surface area (Å²) in [5.41, 5.74) is 0. The minimum absolute atomic E-state index is 5.12. The molecule has 20 heteroatoms. The molecule has 16 nitrogen and oxygen atoms in total. The first kappa shape index (κ1) is 29.0. The van der Waals surface area contributed by atoms with Gasteiger partial charge in [-0.3, -0.25) is 0 Å². The molecule has 0 rings (SSSR count). The molecule has 0 aliphatic rings. The Morgan fingerprint density at radius 2 is 0.500 bits per heavy atom. The standard InChI is InChI=1S/4AsH3O4/c4*2-1(3,4)5/h4*(H3,2,3,4,5)/p-5. The Hall–Kier alpha value is 0.954. The Morgan fingerprint density at radius 1 is 0.500 bits per heavy atom. The summed E-state index contributed by atoms with van der Waals surface area (Å²) >= 11 is -21.8. The average molecular weight is 563 g/mol. The maximum atomic E-state index is 8.94. The van der Waals surface area contributed by atoms with Gasteiger partial charge in [0, 0.05) is 0 Å². The molecule has 0 radical (unpaired) electrons. The van der Waals surface area contributed by atoms with Gasteiger partial charge in [0.05, 0.1) is 0 Å². The van der Waals surface area contributed by atoms with Crippen molar-refractivity contribution in [3.63, 3.8) is 0 Å².